The molecule has 1 aromatic carbocycles. The molecule has 0 saturated heterocycles. The second kappa shape index (κ2) is 9.49. The molecule has 140 valence electrons. The molecule has 0 atom stereocenters. The minimum atomic E-state index is -3.21. The first kappa shape index (κ1) is 20.1. The number of carbonyl (C=O) groups is 2. The molecule has 6 nitrogen and oxygen atoms in total. The number of nitrogens with one attached hydrogen (secondary N) is 2. The zero-order valence-electron chi connectivity index (χ0n) is 14.5. The Hall–Kier alpha value is -2.19. The van der Waals surface area contributed by atoms with Crippen LogP contribution in [0.2, 0.25) is 0 Å². The van der Waals surface area contributed by atoms with Gasteiger partial charge in [0.05, 0.1) is 22.9 Å². The summed E-state index contributed by atoms with van der Waals surface area (Å²) in [5, 5.41) is 5.16. The van der Waals surface area contributed by atoms with Crippen molar-refractivity contribution >= 4 is 33.0 Å². The lowest BCUT2D eigenvalue weighted by molar-refractivity contribution is -0.120. The van der Waals surface area contributed by atoms with Crippen molar-refractivity contribution in [3.63, 3.8) is 0 Å². The van der Waals surface area contributed by atoms with Gasteiger partial charge in [0.2, 0.25) is 5.91 Å². The quantitative estimate of drug-likeness (QED) is 0.636. The van der Waals surface area contributed by atoms with Gasteiger partial charge >= 0.3 is 0 Å². The molecule has 0 fully saturated rings. The van der Waals surface area contributed by atoms with Gasteiger partial charge in [-0.15, -0.1) is 11.3 Å². The monoisotopic (exact) mass is 394 g/mol. The van der Waals surface area contributed by atoms with Crippen molar-refractivity contribution in [3.05, 3.63) is 57.8 Å². The second-order valence-corrected chi connectivity index (χ2v) is 9.35. The molecule has 1 heterocycles. The molecule has 26 heavy (non-hydrogen) atoms. The Balaban J connectivity index is 1.64. The fourth-order valence-electron chi connectivity index (χ4n) is 2.29. The van der Waals surface area contributed by atoms with E-state index in [0.29, 0.717) is 11.3 Å². The maximum absolute atomic E-state index is 12.0. The summed E-state index contributed by atoms with van der Waals surface area (Å²) in [6, 6.07) is 12.5. The normalized spacial score (nSPS) is 11.1. The van der Waals surface area contributed by atoms with Crippen molar-refractivity contribution in [2.45, 2.75) is 19.1 Å². The molecule has 2 aromatic rings. The van der Waals surface area contributed by atoms with Crippen LogP contribution in [0.5, 0.6) is 0 Å². The highest BCUT2D eigenvalue weighted by molar-refractivity contribution is 7.90. The van der Waals surface area contributed by atoms with Gasteiger partial charge < -0.3 is 10.6 Å². The van der Waals surface area contributed by atoms with E-state index in [2.05, 4.69) is 10.6 Å². The Morgan fingerprint density at radius 2 is 1.77 bits per heavy atom. The maximum Gasteiger partial charge on any atom is 0.261 e. The Labute approximate surface area is 157 Å². The summed E-state index contributed by atoms with van der Waals surface area (Å²) >= 11 is 1.36. The van der Waals surface area contributed by atoms with Crippen LogP contribution in [-0.2, 0) is 20.4 Å². The minimum absolute atomic E-state index is 0.00191. The number of benzene rings is 1. The average Bonchev–Trinajstić information content (AvgIpc) is 3.03. The Morgan fingerprint density at radius 1 is 1.04 bits per heavy atom. The number of carbonyl (C=O) groups excluding carboxylic acids is 2. The van der Waals surface area contributed by atoms with Crippen LogP contribution in [0.4, 0.5) is 0 Å². The van der Waals surface area contributed by atoms with Gasteiger partial charge in [0.15, 0.2) is 9.84 Å². The molecular formula is C18H22N2O4S2. The van der Waals surface area contributed by atoms with Gasteiger partial charge in [0.1, 0.15) is 0 Å². The fourth-order valence-corrected chi connectivity index (χ4v) is 4.50. The van der Waals surface area contributed by atoms with Crippen LogP contribution >= 0.6 is 11.3 Å². The SMILES string of the molecule is Cc1ccc(C(=O)NCC(=O)NCCCS(=O)(=O)Cc2ccccc2)s1. The van der Waals surface area contributed by atoms with Crippen LogP contribution < -0.4 is 10.6 Å². The van der Waals surface area contributed by atoms with Crippen LogP contribution in [0, 0.1) is 6.92 Å². The molecule has 0 unspecified atom stereocenters. The summed E-state index contributed by atoms with van der Waals surface area (Å²) in [4.78, 5) is 25.1. The number of hydrogen-bond donors (Lipinski definition) is 2. The first-order valence-corrected chi connectivity index (χ1v) is 10.9. The van der Waals surface area contributed by atoms with Gasteiger partial charge in [0.25, 0.3) is 5.91 Å². The van der Waals surface area contributed by atoms with Crippen LogP contribution in [0.15, 0.2) is 42.5 Å². The van der Waals surface area contributed by atoms with Crippen molar-refractivity contribution < 1.29 is 18.0 Å². The Bertz CT molecular complexity index is 845. The summed E-state index contributed by atoms with van der Waals surface area (Å²) in [7, 11) is -3.21. The van der Waals surface area contributed by atoms with Crippen molar-refractivity contribution in [2.75, 3.05) is 18.8 Å². The van der Waals surface area contributed by atoms with E-state index < -0.39 is 9.84 Å². The lowest BCUT2D eigenvalue weighted by Crippen LogP contribution is -2.37. The third-order valence-electron chi connectivity index (χ3n) is 3.56. The summed E-state index contributed by atoms with van der Waals surface area (Å²) in [5.41, 5.74) is 0.753. The van der Waals surface area contributed by atoms with Crippen LogP contribution in [0.3, 0.4) is 0 Å². The summed E-state index contributed by atoms with van der Waals surface area (Å²) in [6.45, 7) is 2.02. The smallest absolute Gasteiger partial charge is 0.261 e. The highest BCUT2D eigenvalue weighted by atomic mass is 32.2. The number of hydrogen-bond acceptors (Lipinski definition) is 5. The molecule has 2 rings (SSSR count). The largest absolute Gasteiger partial charge is 0.355 e. The molecular weight excluding hydrogens is 372 g/mol. The first-order valence-electron chi connectivity index (χ1n) is 8.21. The van der Waals surface area contributed by atoms with Gasteiger partial charge in [-0.2, -0.15) is 0 Å². The highest BCUT2D eigenvalue weighted by Crippen LogP contribution is 2.14. The molecule has 0 aliphatic heterocycles. The molecule has 0 aliphatic carbocycles. The van der Waals surface area contributed by atoms with Crippen molar-refractivity contribution in [2.24, 2.45) is 0 Å². The zero-order chi connectivity index (χ0) is 19.0. The third-order valence-corrected chi connectivity index (χ3v) is 6.24. The minimum Gasteiger partial charge on any atom is -0.355 e. The predicted molar refractivity (Wildman–Crippen MR) is 103 cm³/mol. The molecule has 0 saturated carbocycles. The molecule has 1 aromatic heterocycles. The third kappa shape index (κ3) is 6.97. The van der Waals surface area contributed by atoms with E-state index in [0.717, 1.165) is 10.4 Å². The summed E-state index contributed by atoms with van der Waals surface area (Å²) in [6.07, 6.45) is 0.332. The predicted octanol–water partition coefficient (Wildman–Crippen LogP) is 1.91. The van der Waals surface area contributed by atoms with E-state index >= 15 is 0 Å². The molecule has 0 spiro atoms. The van der Waals surface area contributed by atoms with E-state index in [1.165, 1.54) is 11.3 Å². The van der Waals surface area contributed by atoms with Gasteiger partial charge in [-0.1, -0.05) is 30.3 Å². The number of thiophene rings is 1. The molecule has 0 bridgehead atoms. The lowest BCUT2D eigenvalue weighted by atomic mass is 10.2. The molecule has 0 aliphatic rings. The summed E-state index contributed by atoms with van der Waals surface area (Å²) in [5.74, 6) is -0.628. The van der Waals surface area contributed by atoms with Crippen molar-refractivity contribution in [3.8, 4) is 0 Å². The second-order valence-electron chi connectivity index (χ2n) is 5.87. The highest BCUT2D eigenvalue weighted by Gasteiger charge is 2.13. The van der Waals surface area contributed by atoms with Gasteiger partial charge in [-0.05, 0) is 31.0 Å². The lowest BCUT2D eigenvalue weighted by Gasteiger charge is -2.07. The fraction of sp³-hybridized carbons (Fsp3) is 0.333. The van der Waals surface area contributed by atoms with Crippen LogP contribution in [0.25, 0.3) is 0 Å². The number of sulfone groups is 1. The number of rotatable bonds is 9. The Morgan fingerprint density at radius 3 is 2.42 bits per heavy atom. The van der Waals surface area contributed by atoms with E-state index in [4.69, 9.17) is 0 Å². The number of amides is 2. The number of aryl methyl sites for hydroxylation is 1. The standard InChI is InChI=1S/C18H22N2O4S2/c1-14-8-9-16(25-14)18(22)20-12-17(21)19-10-5-11-26(23,24)13-15-6-3-2-4-7-15/h2-4,6-9H,5,10-13H2,1H3,(H,19,21)(H,20,22). The average molecular weight is 395 g/mol. The van der Waals surface area contributed by atoms with Gasteiger partial charge in [-0.3, -0.25) is 9.59 Å². The van der Waals surface area contributed by atoms with E-state index in [1.807, 2.05) is 19.1 Å². The molecule has 0 radical (unpaired) electrons. The summed E-state index contributed by atoms with van der Waals surface area (Å²) < 4.78 is 24.1. The van der Waals surface area contributed by atoms with E-state index in [1.54, 1.807) is 30.3 Å². The van der Waals surface area contributed by atoms with Crippen molar-refractivity contribution in [1.29, 1.82) is 0 Å². The molecule has 2 N–H and O–H groups in total. The maximum atomic E-state index is 12.0. The zero-order valence-corrected chi connectivity index (χ0v) is 16.2. The van der Waals surface area contributed by atoms with Gasteiger partial charge in [0, 0.05) is 11.4 Å². The first-order chi connectivity index (χ1) is 12.4. The Kier molecular flexibility index (Phi) is 7.35. The van der Waals surface area contributed by atoms with E-state index in [-0.39, 0.29) is 36.4 Å². The molecule has 2 amide bonds. The van der Waals surface area contributed by atoms with Crippen LogP contribution in [0.1, 0.15) is 26.5 Å². The van der Waals surface area contributed by atoms with Crippen molar-refractivity contribution in [1.82, 2.24) is 10.6 Å². The van der Waals surface area contributed by atoms with E-state index in [9.17, 15) is 18.0 Å². The van der Waals surface area contributed by atoms with Gasteiger partial charge in [-0.25, -0.2) is 8.42 Å². The topological polar surface area (TPSA) is 92.3 Å². The molecule has 8 heteroatoms. The van der Waals surface area contributed by atoms with Crippen LogP contribution in [-0.4, -0.2) is 39.1 Å².